The molecule has 3 nitrogen and oxygen atoms in total. The summed E-state index contributed by atoms with van der Waals surface area (Å²) < 4.78 is 8.42. The van der Waals surface area contributed by atoms with Gasteiger partial charge in [-0.25, -0.2) is 5.01 Å². The van der Waals surface area contributed by atoms with E-state index in [1.54, 1.807) is 6.07 Å². The van der Waals surface area contributed by atoms with Crippen LogP contribution in [0.25, 0.3) is 0 Å². The van der Waals surface area contributed by atoms with Gasteiger partial charge in [-0.05, 0) is 42.0 Å². The zero-order valence-electron chi connectivity index (χ0n) is 14.9. The number of halogens is 4. The lowest BCUT2D eigenvalue weighted by atomic mass is 9.96. The number of nitrogens with zero attached hydrogens (tertiary/aromatic N) is 2. The van der Waals surface area contributed by atoms with Gasteiger partial charge < -0.3 is 4.74 Å². The van der Waals surface area contributed by atoms with Crippen molar-refractivity contribution in [1.82, 2.24) is 5.01 Å². The molecule has 0 aliphatic carbocycles. The summed E-state index contributed by atoms with van der Waals surface area (Å²) in [5, 5.41) is 8.10. The van der Waals surface area contributed by atoms with Gasteiger partial charge in [-0.15, -0.1) is 0 Å². The number of hydrazone groups is 1. The average Bonchev–Trinajstić information content (AvgIpc) is 3.14. The Morgan fingerprint density at radius 1 is 0.931 bits per heavy atom. The van der Waals surface area contributed by atoms with E-state index in [9.17, 15) is 0 Å². The molecule has 7 heteroatoms. The Bertz CT molecular complexity index is 1120. The van der Waals surface area contributed by atoms with E-state index in [4.69, 9.17) is 33.0 Å². The van der Waals surface area contributed by atoms with Gasteiger partial charge in [0.2, 0.25) is 6.23 Å². The fraction of sp³-hybridized carbons (Fsp3) is 0.136. The Kier molecular flexibility index (Phi) is 5.11. The molecule has 3 aromatic carbocycles. The fourth-order valence-corrected chi connectivity index (χ4v) is 4.86. The normalized spacial score (nSPS) is 20.0. The molecule has 2 aliphatic rings. The molecule has 0 unspecified atom stereocenters. The smallest absolute Gasteiger partial charge is 0.213 e. The van der Waals surface area contributed by atoms with E-state index < -0.39 is 0 Å². The standard InChI is InChI=1S/C22H14Br2Cl2N2O/c23-14-5-1-12(2-6-14)19-11-20-17-9-16(25)10-18(26)21(17)29-22(28(20)27-19)13-3-7-15(24)8-4-13/h1-10,20,22H,11H2/t20-,22-/m0/s1. The molecule has 0 radical (unpaired) electrons. The molecule has 0 saturated carbocycles. The van der Waals surface area contributed by atoms with Crippen molar-refractivity contribution in [3.8, 4) is 5.75 Å². The SMILES string of the molecule is Clc1cc(Cl)c2c(c1)[C@@H]1CC(c3ccc(Br)cc3)=NN1[C@H](c1ccc(Br)cc1)O2. The van der Waals surface area contributed by atoms with Crippen molar-refractivity contribution in [3.05, 3.63) is 96.3 Å². The maximum atomic E-state index is 6.51. The first-order valence-corrected chi connectivity index (χ1v) is 11.4. The van der Waals surface area contributed by atoms with Crippen LogP contribution >= 0.6 is 55.1 Å². The molecule has 0 N–H and O–H groups in total. The molecule has 3 aromatic rings. The monoisotopic (exact) mass is 550 g/mol. The van der Waals surface area contributed by atoms with Crippen molar-refractivity contribution in [2.45, 2.75) is 18.7 Å². The summed E-state index contributed by atoms with van der Waals surface area (Å²) in [6.45, 7) is 0. The molecule has 0 aromatic heterocycles. The van der Waals surface area contributed by atoms with Crippen LogP contribution in [0.3, 0.4) is 0 Å². The number of ether oxygens (including phenoxy) is 1. The Hall–Kier alpha value is -1.53. The average molecular weight is 553 g/mol. The highest BCUT2D eigenvalue weighted by molar-refractivity contribution is 9.10. The van der Waals surface area contributed by atoms with Gasteiger partial charge in [0.25, 0.3) is 0 Å². The van der Waals surface area contributed by atoms with E-state index in [0.717, 1.165) is 37.8 Å². The lowest BCUT2D eigenvalue weighted by Crippen LogP contribution is -2.33. The molecule has 5 rings (SSSR count). The highest BCUT2D eigenvalue weighted by Crippen LogP contribution is 2.50. The molecule has 29 heavy (non-hydrogen) atoms. The van der Waals surface area contributed by atoms with Crippen LogP contribution in [0, 0.1) is 0 Å². The van der Waals surface area contributed by atoms with E-state index in [1.807, 2.05) is 47.5 Å². The van der Waals surface area contributed by atoms with Gasteiger partial charge in [0.1, 0.15) is 5.75 Å². The zero-order valence-corrected chi connectivity index (χ0v) is 19.6. The number of hydrogen-bond acceptors (Lipinski definition) is 3. The molecule has 0 bridgehead atoms. The largest absolute Gasteiger partial charge is 0.463 e. The van der Waals surface area contributed by atoms with Gasteiger partial charge in [-0.2, -0.15) is 5.10 Å². The van der Waals surface area contributed by atoms with Crippen molar-refractivity contribution < 1.29 is 4.74 Å². The predicted octanol–water partition coefficient (Wildman–Crippen LogP) is 7.76. The maximum absolute atomic E-state index is 6.51. The summed E-state index contributed by atoms with van der Waals surface area (Å²) in [5.41, 5.74) is 4.08. The maximum Gasteiger partial charge on any atom is 0.213 e. The third kappa shape index (κ3) is 3.59. The number of benzene rings is 3. The van der Waals surface area contributed by atoms with Crippen molar-refractivity contribution in [3.63, 3.8) is 0 Å². The first-order chi connectivity index (χ1) is 14.0. The third-order valence-corrected chi connectivity index (χ3v) is 6.70. The van der Waals surface area contributed by atoms with Crippen molar-refractivity contribution in [2.24, 2.45) is 5.10 Å². The van der Waals surface area contributed by atoms with E-state index in [2.05, 4.69) is 44.0 Å². The van der Waals surface area contributed by atoms with Crippen molar-refractivity contribution in [2.75, 3.05) is 0 Å². The van der Waals surface area contributed by atoms with E-state index in [0.29, 0.717) is 15.8 Å². The van der Waals surface area contributed by atoms with E-state index in [1.165, 1.54) is 0 Å². The van der Waals surface area contributed by atoms with Crippen LogP contribution in [0.15, 0.2) is 74.7 Å². The summed E-state index contributed by atoms with van der Waals surface area (Å²) in [7, 11) is 0. The highest BCUT2D eigenvalue weighted by atomic mass is 79.9. The summed E-state index contributed by atoms with van der Waals surface area (Å²) in [4.78, 5) is 0. The molecule has 2 atom stereocenters. The van der Waals surface area contributed by atoms with E-state index in [-0.39, 0.29) is 12.3 Å². The third-order valence-electron chi connectivity index (χ3n) is 5.14. The van der Waals surface area contributed by atoms with Gasteiger partial charge in [-0.1, -0.05) is 79.3 Å². The Morgan fingerprint density at radius 2 is 1.59 bits per heavy atom. The first-order valence-electron chi connectivity index (χ1n) is 9.02. The zero-order chi connectivity index (χ0) is 20.1. The quantitative estimate of drug-likeness (QED) is 0.324. The fourth-order valence-electron chi connectivity index (χ4n) is 3.78. The minimum Gasteiger partial charge on any atom is -0.463 e. The van der Waals surface area contributed by atoms with Gasteiger partial charge in [0, 0.05) is 31.5 Å². The van der Waals surface area contributed by atoms with Crippen LogP contribution in [0.4, 0.5) is 0 Å². The van der Waals surface area contributed by atoms with Gasteiger partial charge in [0.15, 0.2) is 0 Å². The molecule has 0 fully saturated rings. The Balaban J connectivity index is 1.62. The van der Waals surface area contributed by atoms with E-state index >= 15 is 0 Å². The molecule has 2 aliphatic heterocycles. The van der Waals surface area contributed by atoms with Crippen LogP contribution in [-0.4, -0.2) is 10.7 Å². The second kappa shape index (κ2) is 7.62. The number of fused-ring (bicyclic) bond motifs is 3. The van der Waals surface area contributed by atoms with Gasteiger partial charge in [-0.3, -0.25) is 0 Å². The summed E-state index contributed by atoms with van der Waals surface area (Å²) in [6, 6.07) is 19.9. The highest BCUT2D eigenvalue weighted by Gasteiger charge is 2.42. The topological polar surface area (TPSA) is 24.8 Å². The van der Waals surface area contributed by atoms with Gasteiger partial charge in [0.05, 0.1) is 16.8 Å². The minimum atomic E-state index is -0.368. The molecule has 0 saturated heterocycles. The summed E-state index contributed by atoms with van der Waals surface area (Å²) in [5.74, 6) is 0.678. The molecule has 0 spiro atoms. The Labute approximate surface area is 195 Å². The van der Waals surface area contributed by atoms with Crippen molar-refractivity contribution in [1.29, 1.82) is 0 Å². The second-order valence-corrected chi connectivity index (χ2v) is 9.66. The van der Waals surface area contributed by atoms with Crippen LogP contribution < -0.4 is 4.74 Å². The van der Waals surface area contributed by atoms with Crippen LogP contribution in [0.5, 0.6) is 5.75 Å². The lowest BCUT2D eigenvalue weighted by molar-refractivity contribution is -0.0189. The first kappa shape index (κ1) is 19.4. The molecular formula is C22H14Br2Cl2N2O. The van der Waals surface area contributed by atoms with Crippen molar-refractivity contribution >= 4 is 60.8 Å². The molecule has 2 heterocycles. The molecule has 0 amide bonds. The molecular weight excluding hydrogens is 539 g/mol. The van der Waals surface area contributed by atoms with Crippen LogP contribution in [0.1, 0.15) is 35.4 Å². The summed E-state index contributed by atoms with van der Waals surface area (Å²) >= 11 is 19.8. The van der Waals surface area contributed by atoms with Crippen LogP contribution in [0.2, 0.25) is 10.0 Å². The number of rotatable bonds is 2. The lowest BCUT2D eigenvalue weighted by Gasteiger charge is -2.38. The summed E-state index contributed by atoms with van der Waals surface area (Å²) in [6.07, 6.45) is 0.383. The Morgan fingerprint density at radius 3 is 2.28 bits per heavy atom. The predicted molar refractivity (Wildman–Crippen MR) is 124 cm³/mol. The van der Waals surface area contributed by atoms with Crippen LogP contribution in [-0.2, 0) is 0 Å². The molecule has 146 valence electrons. The second-order valence-electron chi connectivity index (χ2n) is 6.98. The minimum absolute atomic E-state index is 0.00208. The number of hydrogen-bond donors (Lipinski definition) is 0. The van der Waals surface area contributed by atoms with Gasteiger partial charge >= 0.3 is 0 Å².